The summed E-state index contributed by atoms with van der Waals surface area (Å²) in [5.41, 5.74) is 2.04. The van der Waals surface area contributed by atoms with Crippen molar-refractivity contribution in [2.75, 3.05) is 6.61 Å². The summed E-state index contributed by atoms with van der Waals surface area (Å²) < 4.78 is 29.9. The van der Waals surface area contributed by atoms with E-state index in [9.17, 15) is 0 Å². The van der Waals surface area contributed by atoms with Gasteiger partial charge in [-0.2, -0.15) is 0 Å². The van der Waals surface area contributed by atoms with Gasteiger partial charge in [-0.3, -0.25) is 0 Å². The van der Waals surface area contributed by atoms with Crippen molar-refractivity contribution < 1.29 is 23.7 Å². The molecule has 0 aliphatic carbocycles. The van der Waals surface area contributed by atoms with Gasteiger partial charge < -0.3 is 23.7 Å². The second-order valence-electron chi connectivity index (χ2n) is 6.58. The molecule has 0 saturated carbocycles. The number of fused-ring (bicyclic) bond motifs is 1. The molecule has 6 unspecified atom stereocenters. The van der Waals surface area contributed by atoms with Gasteiger partial charge in [-0.05, 0) is 0 Å². The fraction of sp³-hybridized carbons (Fsp3) is 0.400. The molecule has 0 N–H and O–H groups in total. The van der Waals surface area contributed by atoms with Crippen molar-refractivity contribution in [3.05, 3.63) is 71.8 Å². The zero-order chi connectivity index (χ0) is 16.6. The SMILES string of the molecule is c1ccc(C2OCC(C3CC4OC(c5ccccc5)OC4O3)O2)cc1. The van der Waals surface area contributed by atoms with Crippen molar-refractivity contribution >= 4 is 0 Å². The maximum Gasteiger partial charge on any atom is 0.187 e. The number of hydrogen-bond acceptors (Lipinski definition) is 5. The molecule has 0 radical (unpaired) electrons. The van der Waals surface area contributed by atoms with E-state index in [4.69, 9.17) is 23.7 Å². The minimum absolute atomic E-state index is 0.0606. The molecule has 130 valence electrons. The second-order valence-corrected chi connectivity index (χ2v) is 6.58. The topological polar surface area (TPSA) is 46.2 Å². The van der Waals surface area contributed by atoms with Gasteiger partial charge in [0.15, 0.2) is 18.9 Å². The molecule has 6 atom stereocenters. The molecular formula is C20H20O5. The van der Waals surface area contributed by atoms with E-state index >= 15 is 0 Å². The van der Waals surface area contributed by atoms with E-state index in [0.29, 0.717) is 6.61 Å². The Bertz CT molecular complexity index is 693. The second kappa shape index (κ2) is 6.52. The average Bonchev–Trinajstić information content (AvgIpc) is 3.37. The van der Waals surface area contributed by atoms with E-state index in [2.05, 4.69) is 0 Å². The summed E-state index contributed by atoms with van der Waals surface area (Å²) in [6, 6.07) is 19.9. The third kappa shape index (κ3) is 2.99. The lowest BCUT2D eigenvalue weighted by Crippen LogP contribution is -2.29. The predicted octanol–water partition coefficient (Wildman–Crippen LogP) is 3.33. The van der Waals surface area contributed by atoms with Crippen LogP contribution in [0.5, 0.6) is 0 Å². The first kappa shape index (κ1) is 15.5. The number of hydrogen-bond donors (Lipinski definition) is 0. The fourth-order valence-electron chi connectivity index (χ4n) is 3.61. The van der Waals surface area contributed by atoms with Crippen LogP contribution in [0.3, 0.4) is 0 Å². The van der Waals surface area contributed by atoms with Gasteiger partial charge in [-0.25, -0.2) is 0 Å². The van der Waals surface area contributed by atoms with Crippen LogP contribution in [0.4, 0.5) is 0 Å². The van der Waals surface area contributed by atoms with E-state index in [1.165, 1.54) is 0 Å². The van der Waals surface area contributed by atoms with E-state index < -0.39 is 0 Å². The Morgan fingerprint density at radius 3 is 1.92 bits per heavy atom. The van der Waals surface area contributed by atoms with Gasteiger partial charge in [0.2, 0.25) is 0 Å². The summed E-state index contributed by atoms with van der Waals surface area (Å²) in [5.74, 6) is 0. The molecule has 0 bridgehead atoms. The zero-order valence-electron chi connectivity index (χ0n) is 13.7. The van der Waals surface area contributed by atoms with Gasteiger partial charge in [0.05, 0.1) is 12.7 Å². The van der Waals surface area contributed by atoms with Crippen LogP contribution in [0.1, 0.15) is 30.1 Å². The Morgan fingerprint density at radius 1 is 0.600 bits per heavy atom. The highest BCUT2D eigenvalue weighted by Gasteiger charge is 2.49. The largest absolute Gasteiger partial charge is 0.346 e. The average molecular weight is 340 g/mol. The molecule has 3 aliphatic heterocycles. The highest BCUT2D eigenvalue weighted by atomic mass is 16.8. The van der Waals surface area contributed by atoms with Crippen LogP contribution in [-0.2, 0) is 23.7 Å². The summed E-state index contributed by atoms with van der Waals surface area (Å²) in [7, 11) is 0. The van der Waals surface area contributed by atoms with Gasteiger partial charge in [0.25, 0.3) is 0 Å². The Kier molecular flexibility index (Phi) is 4.04. The Morgan fingerprint density at radius 2 is 1.24 bits per heavy atom. The maximum absolute atomic E-state index is 6.05. The molecule has 0 aromatic heterocycles. The van der Waals surface area contributed by atoms with Crippen molar-refractivity contribution in [1.82, 2.24) is 0 Å². The van der Waals surface area contributed by atoms with E-state index in [1.807, 2.05) is 60.7 Å². The molecule has 25 heavy (non-hydrogen) atoms. The molecule has 0 amide bonds. The summed E-state index contributed by atoms with van der Waals surface area (Å²) in [5, 5.41) is 0. The van der Waals surface area contributed by atoms with Gasteiger partial charge in [-0.1, -0.05) is 60.7 Å². The molecule has 5 heteroatoms. The highest BCUT2D eigenvalue weighted by Crippen LogP contribution is 2.41. The molecule has 2 aromatic carbocycles. The molecular weight excluding hydrogens is 320 g/mol. The first-order valence-corrected chi connectivity index (χ1v) is 8.70. The number of rotatable bonds is 3. The quantitative estimate of drug-likeness (QED) is 0.858. The third-order valence-corrected chi connectivity index (χ3v) is 4.90. The van der Waals surface area contributed by atoms with Crippen LogP contribution in [0.2, 0.25) is 0 Å². The zero-order valence-corrected chi connectivity index (χ0v) is 13.7. The van der Waals surface area contributed by atoms with Crippen LogP contribution < -0.4 is 0 Å². The monoisotopic (exact) mass is 340 g/mol. The Balaban J connectivity index is 1.20. The van der Waals surface area contributed by atoms with Crippen molar-refractivity contribution in [3.63, 3.8) is 0 Å². The lowest BCUT2D eigenvalue weighted by molar-refractivity contribution is -0.179. The molecule has 0 spiro atoms. The normalized spacial score (nSPS) is 37.3. The summed E-state index contributed by atoms with van der Waals surface area (Å²) >= 11 is 0. The lowest BCUT2D eigenvalue weighted by Gasteiger charge is -2.20. The van der Waals surface area contributed by atoms with E-state index in [0.717, 1.165) is 17.5 Å². The summed E-state index contributed by atoms with van der Waals surface area (Å²) in [4.78, 5) is 0. The van der Waals surface area contributed by atoms with Crippen molar-refractivity contribution in [3.8, 4) is 0 Å². The predicted molar refractivity (Wildman–Crippen MR) is 88.4 cm³/mol. The molecule has 5 nitrogen and oxygen atoms in total. The Hall–Kier alpha value is -1.76. The van der Waals surface area contributed by atoms with E-state index in [1.54, 1.807) is 0 Å². The fourth-order valence-corrected chi connectivity index (χ4v) is 3.61. The molecule has 3 heterocycles. The molecule has 3 saturated heterocycles. The highest BCUT2D eigenvalue weighted by molar-refractivity contribution is 5.18. The van der Waals surface area contributed by atoms with Crippen LogP contribution in [0.25, 0.3) is 0 Å². The smallest absolute Gasteiger partial charge is 0.187 e. The van der Waals surface area contributed by atoms with Crippen molar-refractivity contribution in [1.29, 1.82) is 0 Å². The van der Waals surface area contributed by atoms with Crippen molar-refractivity contribution in [2.24, 2.45) is 0 Å². The summed E-state index contributed by atoms with van der Waals surface area (Å²) in [6.45, 7) is 0.520. The third-order valence-electron chi connectivity index (χ3n) is 4.90. The molecule has 5 rings (SSSR count). The van der Waals surface area contributed by atoms with Gasteiger partial charge in [-0.15, -0.1) is 0 Å². The lowest BCUT2D eigenvalue weighted by atomic mass is 10.1. The molecule has 3 aliphatic rings. The van der Waals surface area contributed by atoms with Crippen molar-refractivity contribution in [2.45, 2.75) is 43.6 Å². The summed E-state index contributed by atoms with van der Waals surface area (Å²) in [6.07, 6.45) is -0.490. The van der Waals surface area contributed by atoms with Crippen LogP contribution in [0.15, 0.2) is 60.7 Å². The number of ether oxygens (including phenoxy) is 5. The van der Waals surface area contributed by atoms with Gasteiger partial charge in [0.1, 0.15) is 12.2 Å². The minimum atomic E-state index is -0.352. The minimum Gasteiger partial charge on any atom is -0.346 e. The van der Waals surface area contributed by atoms with Crippen LogP contribution >= 0.6 is 0 Å². The van der Waals surface area contributed by atoms with Gasteiger partial charge in [0, 0.05) is 17.5 Å². The maximum atomic E-state index is 6.05. The standard InChI is InChI=1S/C20H20O5/c1-3-7-13(8-4-1)18-21-12-17(24-18)15-11-16-20(22-15)25-19(23-16)14-9-5-2-6-10-14/h1-10,15-20H,11-12H2. The Labute approximate surface area is 146 Å². The van der Waals surface area contributed by atoms with E-state index in [-0.39, 0.29) is 37.2 Å². The molecule has 3 fully saturated rings. The first-order valence-electron chi connectivity index (χ1n) is 8.70. The van der Waals surface area contributed by atoms with Crippen LogP contribution in [0, 0.1) is 0 Å². The molecule has 2 aromatic rings. The first-order chi connectivity index (χ1) is 12.4. The van der Waals surface area contributed by atoms with Crippen LogP contribution in [-0.4, -0.2) is 31.2 Å². The van der Waals surface area contributed by atoms with Gasteiger partial charge >= 0.3 is 0 Å². The number of benzene rings is 2.